The lowest BCUT2D eigenvalue weighted by Crippen LogP contribution is -2.35. The average molecular weight is 179 g/mol. The minimum absolute atomic E-state index is 0.863. The second-order valence-corrected chi connectivity index (χ2v) is 4.68. The van der Waals surface area contributed by atoms with Gasteiger partial charge in [0.05, 0.1) is 0 Å². The van der Waals surface area contributed by atoms with Gasteiger partial charge in [-0.1, -0.05) is 25.5 Å². The highest BCUT2D eigenvalue weighted by atomic mass is 15.1. The SMILES string of the molecule is CCCCN(C)C1CC2C=CC1C2. The zero-order chi connectivity index (χ0) is 9.26. The van der Waals surface area contributed by atoms with E-state index in [2.05, 4.69) is 31.0 Å². The van der Waals surface area contributed by atoms with Gasteiger partial charge < -0.3 is 4.90 Å². The van der Waals surface area contributed by atoms with E-state index in [0.29, 0.717) is 0 Å². The minimum atomic E-state index is 0.863. The predicted molar refractivity (Wildman–Crippen MR) is 56.7 cm³/mol. The summed E-state index contributed by atoms with van der Waals surface area (Å²) >= 11 is 0. The van der Waals surface area contributed by atoms with Crippen LogP contribution in [0.2, 0.25) is 0 Å². The van der Waals surface area contributed by atoms with Crippen molar-refractivity contribution in [2.45, 2.75) is 38.6 Å². The molecule has 0 spiro atoms. The number of rotatable bonds is 4. The molecule has 2 aliphatic carbocycles. The zero-order valence-electron chi connectivity index (χ0n) is 8.87. The van der Waals surface area contributed by atoms with Crippen LogP contribution in [0.15, 0.2) is 12.2 Å². The molecule has 0 radical (unpaired) electrons. The molecular formula is C12H21N. The highest BCUT2D eigenvalue weighted by Gasteiger charge is 2.37. The lowest BCUT2D eigenvalue weighted by molar-refractivity contribution is 0.210. The number of hydrogen-bond donors (Lipinski definition) is 0. The number of nitrogens with zero attached hydrogens (tertiary/aromatic N) is 1. The highest BCUT2D eigenvalue weighted by Crippen LogP contribution is 2.41. The van der Waals surface area contributed by atoms with Crippen LogP contribution in [0.1, 0.15) is 32.6 Å². The summed E-state index contributed by atoms with van der Waals surface area (Å²) in [6.07, 6.45) is 10.4. The second kappa shape index (κ2) is 3.83. The molecule has 3 atom stereocenters. The maximum absolute atomic E-state index is 2.58. The Kier molecular flexibility index (Phi) is 2.73. The second-order valence-electron chi connectivity index (χ2n) is 4.68. The van der Waals surface area contributed by atoms with E-state index in [4.69, 9.17) is 0 Å². The molecule has 2 bridgehead atoms. The van der Waals surface area contributed by atoms with Crippen molar-refractivity contribution in [1.82, 2.24) is 4.90 Å². The molecule has 1 nitrogen and oxygen atoms in total. The van der Waals surface area contributed by atoms with E-state index >= 15 is 0 Å². The molecule has 13 heavy (non-hydrogen) atoms. The van der Waals surface area contributed by atoms with Crippen LogP contribution in [0.3, 0.4) is 0 Å². The fourth-order valence-corrected chi connectivity index (χ4v) is 2.83. The van der Waals surface area contributed by atoms with E-state index in [9.17, 15) is 0 Å². The van der Waals surface area contributed by atoms with E-state index in [1.54, 1.807) is 0 Å². The topological polar surface area (TPSA) is 3.24 Å². The number of unbranched alkanes of at least 4 members (excludes halogenated alkanes) is 1. The molecule has 1 heteroatoms. The van der Waals surface area contributed by atoms with E-state index in [1.807, 2.05) is 0 Å². The monoisotopic (exact) mass is 179 g/mol. The van der Waals surface area contributed by atoms with Gasteiger partial charge in [0.15, 0.2) is 0 Å². The summed E-state index contributed by atoms with van der Waals surface area (Å²) in [4.78, 5) is 2.58. The van der Waals surface area contributed by atoms with Crippen molar-refractivity contribution in [2.24, 2.45) is 11.8 Å². The molecular weight excluding hydrogens is 158 g/mol. The van der Waals surface area contributed by atoms with Gasteiger partial charge in [0.25, 0.3) is 0 Å². The molecule has 0 heterocycles. The van der Waals surface area contributed by atoms with E-state index in [0.717, 1.165) is 17.9 Å². The summed E-state index contributed by atoms with van der Waals surface area (Å²) in [5.41, 5.74) is 0. The van der Waals surface area contributed by atoms with E-state index in [-0.39, 0.29) is 0 Å². The summed E-state index contributed by atoms with van der Waals surface area (Å²) in [6.45, 7) is 3.56. The van der Waals surface area contributed by atoms with Crippen molar-refractivity contribution in [3.8, 4) is 0 Å². The summed E-state index contributed by atoms with van der Waals surface area (Å²) in [7, 11) is 2.30. The molecule has 0 aromatic carbocycles. The minimum Gasteiger partial charge on any atom is -0.303 e. The third-order valence-corrected chi connectivity index (χ3v) is 3.67. The fourth-order valence-electron chi connectivity index (χ4n) is 2.83. The van der Waals surface area contributed by atoms with Gasteiger partial charge >= 0.3 is 0 Å². The molecule has 1 fully saturated rings. The van der Waals surface area contributed by atoms with Crippen LogP contribution >= 0.6 is 0 Å². The van der Waals surface area contributed by atoms with Gasteiger partial charge in [-0.15, -0.1) is 0 Å². The molecule has 2 aliphatic rings. The number of allylic oxidation sites excluding steroid dienone is 1. The summed E-state index contributed by atoms with van der Waals surface area (Å²) in [5.74, 6) is 1.80. The van der Waals surface area contributed by atoms with Gasteiger partial charge in [0.1, 0.15) is 0 Å². The molecule has 0 aromatic rings. The Morgan fingerprint density at radius 3 is 2.69 bits per heavy atom. The molecule has 74 valence electrons. The summed E-state index contributed by atoms with van der Waals surface area (Å²) in [5, 5.41) is 0. The van der Waals surface area contributed by atoms with Crippen LogP contribution in [-0.2, 0) is 0 Å². The van der Waals surface area contributed by atoms with Crippen molar-refractivity contribution in [1.29, 1.82) is 0 Å². The third-order valence-electron chi connectivity index (χ3n) is 3.67. The fraction of sp³-hybridized carbons (Fsp3) is 0.833. The maximum Gasteiger partial charge on any atom is 0.0161 e. The van der Waals surface area contributed by atoms with Crippen LogP contribution < -0.4 is 0 Å². The molecule has 0 amide bonds. The van der Waals surface area contributed by atoms with Crippen molar-refractivity contribution >= 4 is 0 Å². The van der Waals surface area contributed by atoms with Crippen LogP contribution in [0, 0.1) is 11.8 Å². The lowest BCUT2D eigenvalue weighted by Gasteiger charge is -2.29. The first kappa shape index (κ1) is 9.26. The first-order chi connectivity index (χ1) is 6.31. The Hall–Kier alpha value is -0.300. The Morgan fingerprint density at radius 2 is 2.15 bits per heavy atom. The average Bonchev–Trinajstić information content (AvgIpc) is 2.74. The summed E-state index contributed by atoms with van der Waals surface area (Å²) in [6, 6.07) is 0.863. The van der Waals surface area contributed by atoms with Gasteiger partial charge in [0.2, 0.25) is 0 Å². The van der Waals surface area contributed by atoms with E-state index in [1.165, 1.54) is 32.2 Å². The molecule has 0 N–H and O–H groups in total. The van der Waals surface area contributed by atoms with Gasteiger partial charge in [-0.05, 0) is 44.7 Å². The van der Waals surface area contributed by atoms with Crippen molar-refractivity contribution in [2.75, 3.05) is 13.6 Å². The largest absolute Gasteiger partial charge is 0.303 e. The maximum atomic E-state index is 2.58. The van der Waals surface area contributed by atoms with Gasteiger partial charge in [-0.25, -0.2) is 0 Å². The van der Waals surface area contributed by atoms with Gasteiger partial charge in [0, 0.05) is 6.04 Å². The Bertz CT molecular complexity index is 197. The first-order valence-electron chi connectivity index (χ1n) is 5.70. The highest BCUT2D eigenvalue weighted by molar-refractivity contribution is 5.12. The molecule has 2 rings (SSSR count). The normalized spacial score (nSPS) is 36.4. The predicted octanol–water partition coefficient (Wildman–Crippen LogP) is 2.68. The van der Waals surface area contributed by atoms with Crippen LogP contribution in [0.25, 0.3) is 0 Å². The third kappa shape index (κ3) is 1.80. The van der Waals surface area contributed by atoms with Crippen molar-refractivity contribution < 1.29 is 0 Å². The Balaban J connectivity index is 1.84. The quantitative estimate of drug-likeness (QED) is 0.600. The molecule has 3 unspecified atom stereocenters. The van der Waals surface area contributed by atoms with Crippen molar-refractivity contribution in [3.05, 3.63) is 12.2 Å². The van der Waals surface area contributed by atoms with Crippen LogP contribution in [0.5, 0.6) is 0 Å². The number of hydrogen-bond acceptors (Lipinski definition) is 1. The molecule has 0 aliphatic heterocycles. The summed E-state index contributed by atoms with van der Waals surface area (Å²) < 4.78 is 0. The van der Waals surface area contributed by atoms with E-state index < -0.39 is 0 Å². The van der Waals surface area contributed by atoms with Crippen LogP contribution in [0.4, 0.5) is 0 Å². The standard InChI is InChI=1S/C12H21N/c1-3-4-7-13(2)12-9-10-5-6-11(12)8-10/h5-6,10-12H,3-4,7-9H2,1-2H3. The van der Waals surface area contributed by atoms with Gasteiger partial charge in [-0.3, -0.25) is 0 Å². The number of fused-ring (bicyclic) bond motifs is 2. The first-order valence-corrected chi connectivity index (χ1v) is 5.70. The molecule has 1 saturated carbocycles. The van der Waals surface area contributed by atoms with Crippen molar-refractivity contribution in [3.63, 3.8) is 0 Å². The Morgan fingerprint density at radius 1 is 1.31 bits per heavy atom. The van der Waals surface area contributed by atoms with Crippen LogP contribution in [-0.4, -0.2) is 24.5 Å². The Labute approximate surface area is 81.8 Å². The molecule has 0 saturated heterocycles. The zero-order valence-corrected chi connectivity index (χ0v) is 8.87. The smallest absolute Gasteiger partial charge is 0.0161 e. The lowest BCUT2D eigenvalue weighted by atomic mass is 10.00. The van der Waals surface area contributed by atoms with Gasteiger partial charge in [-0.2, -0.15) is 0 Å². The molecule has 0 aromatic heterocycles.